The van der Waals surface area contributed by atoms with Gasteiger partial charge < -0.3 is 10.0 Å². The minimum absolute atomic E-state index is 0.585. The van der Waals surface area contributed by atoms with Crippen LogP contribution in [0.25, 0.3) is 0 Å². The first-order chi connectivity index (χ1) is 8.72. The molecule has 3 rings (SSSR count). The molecule has 1 aromatic rings. The topological polar surface area (TPSA) is 40.5 Å². The minimum Gasteiger partial charge on any atom is -0.465 e. The van der Waals surface area contributed by atoms with Gasteiger partial charge in [0.15, 0.2) is 0 Å². The zero-order valence-electron chi connectivity index (χ0n) is 10.2. The van der Waals surface area contributed by atoms with Gasteiger partial charge >= 0.3 is 6.09 Å². The summed E-state index contributed by atoms with van der Waals surface area (Å²) in [5, 5.41) is 9.66. The second kappa shape index (κ2) is 4.84. The predicted molar refractivity (Wildman–Crippen MR) is 71.9 cm³/mol. The zero-order valence-corrected chi connectivity index (χ0v) is 11.0. The Labute approximate surface area is 111 Å². The fraction of sp³-hybridized carbons (Fsp3) is 0.500. The summed E-state index contributed by atoms with van der Waals surface area (Å²) in [6.07, 6.45) is 1.57. The van der Waals surface area contributed by atoms with Crippen LogP contribution in [-0.4, -0.2) is 34.4 Å². The molecule has 1 amide bonds. The third-order valence-corrected chi connectivity index (χ3v) is 5.29. The average Bonchev–Trinajstić information content (AvgIpc) is 2.88. The fourth-order valence-corrected chi connectivity index (χ4v) is 4.57. The van der Waals surface area contributed by atoms with Crippen LogP contribution in [0.1, 0.15) is 12.8 Å². The van der Waals surface area contributed by atoms with Crippen LogP contribution in [0.5, 0.6) is 0 Å². The maximum Gasteiger partial charge on any atom is 0.407 e. The van der Waals surface area contributed by atoms with Gasteiger partial charge in [-0.3, -0.25) is 0 Å². The van der Waals surface area contributed by atoms with E-state index in [1.165, 1.54) is 4.90 Å². The van der Waals surface area contributed by atoms with E-state index in [2.05, 4.69) is 24.3 Å². The number of thioether (sulfide) groups is 1. The van der Waals surface area contributed by atoms with Crippen molar-refractivity contribution in [1.29, 1.82) is 0 Å². The van der Waals surface area contributed by atoms with Crippen LogP contribution >= 0.6 is 11.8 Å². The van der Waals surface area contributed by atoms with Gasteiger partial charge in [-0.25, -0.2) is 4.79 Å². The van der Waals surface area contributed by atoms with Crippen molar-refractivity contribution < 1.29 is 9.90 Å². The van der Waals surface area contributed by atoms with Gasteiger partial charge in [0.2, 0.25) is 0 Å². The first-order valence-electron chi connectivity index (χ1n) is 6.42. The van der Waals surface area contributed by atoms with Crippen LogP contribution < -0.4 is 0 Å². The molecule has 3 atom stereocenters. The smallest absolute Gasteiger partial charge is 0.407 e. The summed E-state index contributed by atoms with van der Waals surface area (Å²) < 4.78 is 0. The second-order valence-electron chi connectivity index (χ2n) is 5.23. The summed E-state index contributed by atoms with van der Waals surface area (Å²) >= 11 is 1.95. The molecule has 1 aromatic carbocycles. The molecule has 1 aliphatic carbocycles. The quantitative estimate of drug-likeness (QED) is 0.891. The number of carbonyl (C=O) groups is 1. The van der Waals surface area contributed by atoms with Crippen molar-refractivity contribution in [3.63, 3.8) is 0 Å². The lowest BCUT2D eigenvalue weighted by Gasteiger charge is -2.15. The average molecular weight is 263 g/mol. The highest BCUT2D eigenvalue weighted by Crippen LogP contribution is 2.44. The number of rotatable bonds is 2. The normalized spacial score (nSPS) is 30.4. The van der Waals surface area contributed by atoms with E-state index in [1.54, 1.807) is 4.90 Å². The Morgan fingerprint density at radius 3 is 2.33 bits per heavy atom. The van der Waals surface area contributed by atoms with Crippen molar-refractivity contribution >= 4 is 17.9 Å². The lowest BCUT2D eigenvalue weighted by atomic mass is 10.0. The highest BCUT2D eigenvalue weighted by Gasteiger charge is 2.42. The Morgan fingerprint density at radius 2 is 1.78 bits per heavy atom. The van der Waals surface area contributed by atoms with E-state index in [-0.39, 0.29) is 0 Å². The summed E-state index contributed by atoms with van der Waals surface area (Å²) in [6, 6.07) is 10.5. The number of amides is 1. The van der Waals surface area contributed by atoms with Crippen LogP contribution in [0.15, 0.2) is 35.2 Å². The SMILES string of the molecule is O=C(O)N1C[C@H]2C[C@H](Sc3ccccc3)C[C@H]2C1. The summed E-state index contributed by atoms with van der Waals surface area (Å²) in [4.78, 5) is 13.8. The molecule has 2 aliphatic rings. The third-order valence-electron chi connectivity index (χ3n) is 4.02. The van der Waals surface area contributed by atoms with Crippen molar-refractivity contribution in [1.82, 2.24) is 4.90 Å². The number of benzene rings is 1. The molecule has 1 aliphatic heterocycles. The number of carboxylic acid groups (broad SMARTS) is 1. The number of hydrogen-bond acceptors (Lipinski definition) is 2. The van der Waals surface area contributed by atoms with Crippen molar-refractivity contribution in [2.75, 3.05) is 13.1 Å². The van der Waals surface area contributed by atoms with Crippen LogP contribution in [0.3, 0.4) is 0 Å². The number of nitrogens with zero attached hydrogens (tertiary/aromatic N) is 1. The maximum atomic E-state index is 10.9. The lowest BCUT2D eigenvalue weighted by Crippen LogP contribution is -2.28. The largest absolute Gasteiger partial charge is 0.465 e. The summed E-state index contributed by atoms with van der Waals surface area (Å²) in [5.74, 6) is 1.17. The Hall–Kier alpha value is -1.16. The van der Waals surface area contributed by atoms with Crippen molar-refractivity contribution in [2.24, 2.45) is 11.8 Å². The number of fused-ring (bicyclic) bond motifs is 1. The minimum atomic E-state index is -0.753. The predicted octanol–water partition coefficient (Wildman–Crippen LogP) is 3.17. The van der Waals surface area contributed by atoms with Crippen LogP contribution in [0.4, 0.5) is 4.79 Å². The molecular formula is C14H17NO2S. The van der Waals surface area contributed by atoms with E-state index < -0.39 is 6.09 Å². The molecule has 18 heavy (non-hydrogen) atoms. The van der Waals surface area contributed by atoms with Gasteiger partial charge in [0, 0.05) is 23.2 Å². The monoisotopic (exact) mass is 263 g/mol. The number of hydrogen-bond donors (Lipinski definition) is 1. The highest BCUT2D eigenvalue weighted by molar-refractivity contribution is 8.00. The molecule has 1 saturated heterocycles. The Kier molecular flexibility index (Phi) is 3.20. The van der Waals surface area contributed by atoms with Crippen molar-refractivity contribution in [2.45, 2.75) is 23.0 Å². The van der Waals surface area contributed by atoms with Crippen LogP contribution in [0, 0.1) is 11.8 Å². The standard InChI is InChI=1S/C14H17NO2S/c16-14(17)15-8-10-6-13(7-11(10)9-15)18-12-4-2-1-3-5-12/h1-5,10-11,13H,6-9H2,(H,16,17)/t10-,11+,13+. The molecular weight excluding hydrogens is 246 g/mol. The second-order valence-corrected chi connectivity index (χ2v) is 6.61. The van der Waals surface area contributed by atoms with Crippen molar-refractivity contribution in [3.05, 3.63) is 30.3 Å². The van der Waals surface area contributed by atoms with E-state index in [1.807, 2.05) is 17.8 Å². The molecule has 1 saturated carbocycles. The van der Waals surface area contributed by atoms with Gasteiger partial charge in [-0.2, -0.15) is 0 Å². The van der Waals surface area contributed by atoms with Gasteiger partial charge in [-0.1, -0.05) is 18.2 Å². The van der Waals surface area contributed by atoms with Gasteiger partial charge in [0.25, 0.3) is 0 Å². The summed E-state index contributed by atoms with van der Waals surface area (Å²) in [5.41, 5.74) is 0. The fourth-order valence-electron chi connectivity index (χ4n) is 3.19. The molecule has 4 heteroatoms. The molecule has 0 spiro atoms. The highest BCUT2D eigenvalue weighted by atomic mass is 32.2. The zero-order chi connectivity index (χ0) is 12.5. The molecule has 3 nitrogen and oxygen atoms in total. The van der Waals surface area contributed by atoms with E-state index in [0.717, 1.165) is 25.9 Å². The van der Waals surface area contributed by atoms with Gasteiger partial charge in [0.1, 0.15) is 0 Å². The van der Waals surface area contributed by atoms with Crippen LogP contribution in [0.2, 0.25) is 0 Å². The Morgan fingerprint density at radius 1 is 1.17 bits per heavy atom. The molecule has 2 fully saturated rings. The van der Waals surface area contributed by atoms with Gasteiger partial charge in [-0.15, -0.1) is 11.8 Å². The molecule has 0 bridgehead atoms. The third kappa shape index (κ3) is 2.34. The first-order valence-corrected chi connectivity index (χ1v) is 7.30. The van der Waals surface area contributed by atoms with Crippen LogP contribution in [-0.2, 0) is 0 Å². The number of likely N-dealkylation sites (tertiary alicyclic amines) is 1. The Balaban J connectivity index is 1.57. The molecule has 0 unspecified atom stereocenters. The maximum absolute atomic E-state index is 10.9. The van der Waals surface area contributed by atoms with E-state index in [9.17, 15) is 4.79 Å². The molecule has 1 N–H and O–H groups in total. The summed E-state index contributed by atoms with van der Waals surface area (Å²) in [7, 11) is 0. The van der Waals surface area contributed by atoms with E-state index >= 15 is 0 Å². The lowest BCUT2D eigenvalue weighted by molar-refractivity contribution is 0.152. The summed E-state index contributed by atoms with van der Waals surface area (Å²) in [6.45, 7) is 1.48. The molecule has 0 aromatic heterocycles. The van der Waals surface area contributed by atoms with Gasteiger partial charge in [0.05, 0.1) is 0 Å². The van der Waals surface area contributed by atoms with E-state index in [4.69, 9.17) is 5.11 Å². The Bertz CT molecular complexity index is 423. The molecule has 1 heterocycles. The molecule has 96 valence electrons. The van der Waals surface area contributed by atoms with Gasteiger partial charge in [-0.05, 0) is 36.8 Å². The molecule has 0 radical (unpaired) electrons. The van der Waals surface area contributed by atoms with E-state index in [0.29, 0.717) is 17.1 Å². The van der Waals surface area contributed by atoms with Crippen molar-refractivity contribution in [3.8, 4) is 0 Å². The first kappa shape index (κ1) is 11.9.